The average Bonchev–Trinajstić information content (AvgIpc) is 2.62. The molecule has 2 aromatic carbocycles. The Morgan fingerprint density at radius 3 is 2.48 bits per heavy atom. The number of ether oxygens (including phenoxy) is 2. The summed E-state index contributed by atoms with van der Waals surface area (Å²) < 4.78 is 10.2. The predicted molar refractivity (Wildman–Crippen MR) is 94.5 cm³/mol. The monoisotopic (exact) mass is 343 g/mol. The fourth-order valence-corrected chi connectivity index (χ4v) is 2.22. The summed E-state index contributed by atoms with van der Waals surface area (Å²) in [7, 11) is 2.87. The largest absolute Gasteiger partial charge is 0.508 e. The Morgan fingerprint density at radius 2 is 1.84 bits per heavy atom. The number of rotatable bonds is 7. The van der Waals surface area contributed by atoms with Crippen LogP contribution in [-0.4, -0.2) is 36.9 Å². The fourth-order valence-electron chi connectivity index (χ4n) is 2.22. The van der Waals surface area contributed by atoms with Crippen LogP contribution in [0.2, 0.25) is 0 Å². The molecule has 132 valence electrons. The number of aromatic hydroxyl groups is 2. The Kier molecular flexibility index (Phi) is 6.28. The van der Waals surface area contributed by atoms with Crippen molar-refractivity contribution in [1.29, 1.82) is 0 Å². The highest BCUT2D eigenvalue weighted by atomic mass is 16.5. The summed E-state index contributed by atoms with van der Waals surface area (Å²) in [5.41, 5.74) is 1.67. The zero-order valence-electron chi connectivity index (χ0n) is 14.2. The molecular formula is C19H21NO5. The zero-order valence-corrected chi connectivity index (χ0v) is 14.2. The molecule has 25 heavy (non-hydrogen) atoms. The van der Waals surface area contributed by atoms with Crippen molar-refractivity contribution in [3.05, 3.63) is 59.4 Å². The van der Waals surface area contributed by atoms with E-state index >= 15 is 0 Å². The molecule has 0 heterocycles. The van der Waals surface area contributed by atoms with Gasteiger partial charge in [-0.3, -0.25) is 4.79 Å². The molecule has 0 aliphatic rings. The molecular weight excluding hydrogens is 322 g/mol. The third-order valence-corrected chi connectivity index (χ3v) is 3.58. The molecule has 2 rings (SSSR count). The van der Waals surface area contributed by atoms with Gasteiger partial charge in [0.25, 0.3) is 5.91 Å². The van der Waals surface area contributed by atoms with Crippen molar-refractivity contribution in [3.8, 4) is 17.2 Å². The molecule has 1 amide bonds. The van der Waals surface area contributed by atoms with Crippen LogP contribution in [0.3, 0.4) is 0 Å². The fraction of sp³-hybridized carbons (Fsp3) is 0.211. The van der Waals surface area contributed by atoms with Gasteiger partial charge in [0, 0.05) is 6.54 Å². The van der Waals surface area contributed by atoms with Crippen molar-refractivity contribution >= 4 is 12.0 Å². The van der Waals surface area contributed by atoms with Crippen LogP contribution in [0.5, 0.6) is 17.2 Å². The number of carbonyl (C=O) groups excluding carboxylic acids is 1. The Balaban J connectivity index is 1.99. The third kappa shape index (κ3) is 5.17. The van der Waals surface area contributed by atoms with Gasteiger partial charge in [0.05, 0.1) is 14.2 Å². The maximum atomic E-state index is 12.2. The smallest absolute Gasteiger partial charge is 0.286 e. The van der Waals surface area contributed by atoms with Gasteiger partial charge in [-0.05, 0) is 47.9 Å². The third-order valence-electron chi connectivity index (χ3n) is 3.58. The van der Waals surface area contributed by atoms with Gasteiger partial charge >= 0.3 is 0 Å². The van der Waals surface area contributed by atoms with Gasteiger partial charge in [0.2, 0.25) is 0 Å². The van der Waals surface area contributed by atoms with Crippen molar-refractivity contribution in [2.75, 3.05) is 20.8 Å². The van der Waals surface area contributed by atoms with Gasteiger partial charge in [0.1, 0.15) is 5.75 Å². The molecule has 0 atom stereocenters. The molecule has 2 aromatic rings. The number of phenolic OH excluding ortho intramolecular Hbond substituents is 2. The summed E-state index contributed by atoms with van der Waals surface area (Å²) in [6, 6.07) is 11.6. The molecule has 0 fully saturated rings. The van der Waals surface area contributed by atoms with E-state index in [0.717, 1.165) is 5.56 Å². The van der Waals surface area contributed by atoms with Crippen LogP contribution < -0.4 is 10.1 Å². The molecule has 6 nitrogen and oxygen atoms in total. The van der Waals surface area contributed by atoms with E-state index in [1.807, 2.05) is 0 Å². The molecule has 0 aliphatic carbocycles. The Labute approximate surface area is 146 Å². The molecule has 0 unspecified atom stereocenters. The van der Waals surface area contributed by atoms with Crippen molar-refractivity contribution in [1.82, 2.24) is 5.32 Å². The highest BCUT2D eigenvalue weighted by Crippen LogP contribution is 2.27. The minimum absolute atomic E-state index is 0.0250. The number of carbonyl (C=O) groups is 1. The summed E-state index contributed by atoms with van der Waals surface area (Å²) in [6.07, 6.45) is 2.20. The average molecular weight is 343 g/mol. The lowest BCUT2D eigenvalue weighted by Gasteiger charge is -2.09. The summed E-state index contributed by atoms with van der Waals surface area (Å²) in [5.74, 6) is 0.363. The molecule has 0 radical (unpaired) electrons. The molecule has 3 N–H and O–H groups in total. The topological polar surface area (TPSA) is 88.0 Å². The number of hydrogen-bond acceptors (Lipinski definition) is 5. The normalized spacial score (nSPS) is 11.0. The van der Waals surface area contributed by atoms with Crippen molar-refractivity contribution in [2.45, 2.75) is 6.42 Å². The minimum Gasteiger partial charge on any atom is -0.508 e. The quantitative estimate of drug-likeness (QED) is 0.531. The van der Waals surface area contributed by atoms with Crippen LogP contribution in [0.4, 0.5) is 0 Å². The zero-order chi connectivity index (χ0) is 18.2. The van der Waals surface area contributed by atoms with Crippen LogP contribution >= 0.6 is 0 Å². The number of benzene rings is 2. The number of nitrogens with one attached hydrogen (secondary N) is 1. The van der Waals surface area contributed by atoms with Crippen LogP contribution in [0, 0.1) is 0 Å². The highest BCUT2D eigenvalue weighted by Gasteiger charge is 2.10. The van der Waals surface area contributed by atoms with Gasteiger partial charge in [-0.25, -0.2) is 0 Å². The molecule has 0 aromatic heterocycles. The summed E-state index contributed by atoms with van der Waals surface area (Å²) in [6.45, 7) is 0.434. The van der Waals surface area contributed by atoms with Crippen LogP contribution in [0.1, 0.15) is 11.1 Å². The first-order valence-electron chi connectivity index (χ1n) is 7.72. The number of hydrogen-bond donors (Lipinski definition) is 3. The van der Waals surface area contributed by atoms with Gasteiger partial charge in [0.15, 0.2) is 17.3 Å². The van der Waals surface area contributed by atoms with E-state index in [9.17, 15) is 15.0 Å². The maximum absolute atomic E-state index is 12.2. The number of phenols is 2. The highest BCUT2D eigenvalue weighted by molar-refractivity contribution is 5.95. The molecule has 0 saturated carbocycles. The maximum Gasteiger partial charge on any atom is 0.286 e. The number of amides is 1. The van der Waals surface area contributed by atoms with Gasteiger partial charge in [-0.1, -0.05) is 18.2 Å². The predicted octanol–water partition coefficient (Wildman–Crippen LogP) is 2.45. The summed E-state index contributed by atoms with van der Waals surface area (Å²) >= 11 is 0. The Hall–Kier alpha value is -3.15. The van der Waals surface area contributed by atoms with Gasteiger partial charge < -0.3 is 25.0 Å². The van der Waals surface area contributed by atoms with Crippen LogP contribution in [0.25, 0.3) is 6.08 Å². The second-order valence-corrected chi connectivity index (χ2v) is 5.32. The second kappa shape index (κ2) is 8.63. The van der Waals surface area contributed by atoms with Gasteiger partial charge in [-0.15, -0.1) is 0 Å². The van der Waals surface area contributed by atoms with Crippen molar-refractivity contribution < 1.29 is 24.5 Å². The standard InChI is InChI=1S/C19H21NO5/c1-24-17-11-14(5-8-16(17)22)12-18(25-2)19(23)20-10-9-13-3-6-15(21)7-4-13/h3-8,11-12,21-22H,9-10H2,1-2H3,(H,20,23). The van der Waals surface area contributed by atoms with E-state index in [-0.39, 0.29) is 23.2 Å². The minimum atomic E-state index is -0.340. The van der Waals surface area contributed by atoms with Crippen molar-refractivity contribution in [2.24, 2.45) is 0 Å². The summed E-state index contributed by atoms with van der Waals surface area (Å²) in [5, 5.41) is 21.6. The Morgan fingerprint density at radius 1 is 1.12 bits per heavy atom. The van der Waals surface area contributed by atoms with Crippen molar-refractivity contribution in [3.63, 3.8) is 0 Å². The first-order valence-corrected chi connectivity index (χ1v) is 7.72. The molecule has 0 saturated heterocycles. The van der Waals surface area contributed by atoms with E-state index in [1.165, 1.54) is 20.3 Å². The summed E-state index contributed by atoms with van der Waals surface area (Å²) in [4.78, 5) is 12.2. The first kappa shape index (κ1) is 18.2. The lowest BCUT2D eigenvalue weighted by atomic mass is 10.1. The Bertz CT molecular complexity index is 753. The number of methoxy groups -OCH3 is 2. The lowest BCUT2D eigenvalue weighted by Crippen LogP contribution is -2.27. The SMILES string of the molecule is COC(=Cc1ccc(O)c(OC)c1)C(=O)NCCc1ccc(O)cc1. The van der Waals surface area contributed by atoms with Crippen LogP contribution in [0.15, 0.2) is 48.2 Å². The van der Waals surface area contributed by atoms with E-state index in [2.05, 4.69) is 5.32 Å². The second-order valence-electron chi connectivity index (χ2n) is 5.32. The molecule has 0 spiro atoms. The van der Waals surface area contributed by atoms with Gasteiger partial charge in [-0.2, -0.15) is 0 Å². The molecule has 0 aliphatic heterocycles. The van der Waals surface area contributed by atoms with E-state index in [0.29, 0.717) is 24.3 Å². The lowest BCUT2D eigenvalue weighted by molar-refractivity contribution is -0.120. The molecule has 6 heteroatoms. The first-order chi connectivity index (χ1) is 12.0. The van der Waals surface area contributed by atoms with E-state index in [4.69, 9.17) is 9.47 Å². The van der Waals surface area contributed by atoms with E-state index < -0.39 is 0 Å². The van der Waals surface area contributed by atoms with Crippen LogP contribution in [-0.2, 0) is 16.0 Å². The van der Waals surface area contributed by atoms with E-state index in [1.54, 1.807) is 42.5 Å². The molecule has 0 bridgehead atoms.